The van der Waals surface area contributed by atoms with Gasteiger partial charge in [-0.05, 0) is 0 Å². The maximum absolute atomic E-state index is 8.48. The van der Waals surface area contributed by atoms with E-state index in [9.17, 15) is 0 Å². The van der Waals surface area contributed by atoms with Gasteiger partial charge >= 0.3 is 32.7 Å². The van der Waals surface area contributed by atoms with Crippen LogP contribution in [0.3, 0.4) is 0 Å². The van der Waals surface area contributed by atoms with Crippen LogP contribution in [0, 0.1) is 0 Å². The quantitative estimate of drug-likeness (QED) is 0.369. The molecule has 3 nitrogen and oxygen atoms in total. The molecule has 0 atom stereocenters. The fourth-order valence-corrected chi connectivity index (χ4v) is 0. The Kier molecular flexibility index (Phi) is 10.4. The summed E-state index contributed by atoms with van der Waals surface area (Å²) in [5.41, 5.74) is 0. The average molecular weight is 168 g/mol. The Hall–Kier alpha value is 1.41. The van der Waals surface area contributed by atoms with Crippen LogP contribution in [0.1, 0.15) is 0 Å². The molecule has 0 heterocycles. The van der Waals surface area contributed by atoms with Gasteiger partial charge in [-0.1, -0.05) is 0 Å². The predicted octanol–water partition coefficient (Wildman–Crippen LogP) is -2.71. The van der Waals surface area contributed by atoms with Gasteiger partial charge in [0, 0.05) is 0 Å². The summed E-state index contributed by atoms with van der Waals surface area (Å²) in [5.74, 6) is 0. The van der Waals surface area contributed by atoms with Crippen molar-refractivity contribution in [2.24, 2.45) is 0 Å². The van der Waals surface area contributed by atoms with Crippen LogP contribution in [0.2, 0.25) is 0 Å². The summed E-state index contributed by atoms with van der Waals surface area (Å²) in [4.78, 5) is 25.4. The molecule has 5 heavy (non-hydrogen) atoms. The maximum atomic E-state index is 8.48. The first-order valence-corrected chi connectivity index (χ1v) is 1.64. The van der Waals surface area contributed by atoms with Crippen molar-refractivity contribution in [3.05, 3.63) is 0 Å². The Bertz CT molecular complexity index is 11.6. The van der Waals surface area contributed by atoms with Crippen molar-refractivity contribution in [2.75, 3.05) is 0 Å². The van der Waals surface area contributed by atoms with Crippen molar-refractivity contribution in [3.63, 3.8) is 0 Å². The molecule has 26 valence electrons. The van der Waals surface area contributed by atoms with E-state index in [0.717, 1.165) is 0 Å². The van der Waals surface area contributed by atoms with E-state index < -0.39 is 8.60 Å². The molecule has 0 amide bonds. The minimum Gasteiger partial charge on any atom is -0.854 e. The van der Waals surface area contributed by atoms with Gasteiger partial charge in [-0.15, -0.1) is 0 Å². The van der Waals surface area contributed by atoms with E-state index in [1.54, 1.807) is 0 Å². The molecule has 0 N–H and O–H groups in total. The van der Waals surface area contributed by atoms with E-state index in [1.165, 1.54) is 0 Å². The second-order valence-corrected chi connectivity index (χ2v) is 0.671. The Morgan fingerprint density at radius 2 is 1.00 bits per heavy atom. The molecule has 0 aliphatic rings. The van der Waals surface area contributed by atoms with Crippen molar-refractivity contribution in [3.8, 4) is 0 Å². The molecule has 0 spiro atoms. The molecule has 0 radical (unpaired) electrons. The first-order valence-electron chi connectivity index (χ1n) is 0.548. The second kappa shape index (κ2) is 5.41. The van der Waals surface area contributed by atoms with Crippen LogP contribution in [0.5, 0.6) is 0 Å². The number of rotatable bonds is 0. The Morgan fingerprint density at radius 1 is 1.00 bits per heavy atom. The van der Waals surface area contributed by atoms with Gasteiger partial charge in [0.25, 0.3) is 0 Å². The second-order valence-electron chi connectivity index (χ2n) is 0.224. The monoisotopic (exact) mass is 168 g/mol. The zero-order valence-electron chi connectivity index (χ0n) is 2.25. The topological polar surface area (TPSA) is 69.2 Å². The van der Waals surface area contributed by atoms with Gasteiger partial charge in [0.05, 0.1) is 0 Å². The third kappa shape index (κ3) is 31.6. The van der Waals surface area contributed by atoms with Crippen LogP contribution in [-0.4, -0.2) is 0 Å². The molecule has 0 fully saturated rings. The zero-order valence-corrected chi connectivity index (χ0v) is 5.98. The molecular formula is O3PY. The minimum atomic E-state index is -3.37. The molecule has 0 aliphatic heterocycles. The minimum absolute atomic E-state index is 0. The fourth-order valence-electron chi connectivity index (χ4n) is 0. The van der Waals surface area contributed by atoms with Crippen molar-refractivity contribution in [1.82, 2.24) is 0 Å². The molecule has 0 saturated carbocycles. The van der Waals surface area contributed by atoms with Gasteiger partial charge in [0.15, 0.2) is 0 Å². The molecule has 0 bridgehead atoms. The Labute approximate surface area is 55.9 Å². The Morgan fingerprint density at radius 3 is 1.00 bits per heavy atom. The standard InChI is InChI=1S/O3P.Y/c1-4(2)3;/q-3;+3. The summed E-state index contributed by atoms with van der Waals surface area (Å²) in [7, 11) is -3.37. The summed E-state index contributed by atoms with van der Waals surface area (Å²) in [5, 5.41) is 0. The fraction of sp³-hybridized carbons (Fsp3) is 0. The van der Waals surface area contributed by atoms with E-state index in [1.807, 2.05) is 0 Å². The van der Waals surface area contributed by atoms with Crippen LogP contribution >= 0.6 is 8.60 Å². The largest absolute Gasteiger partial charge is 3.00 e. The maximum Gasteiger partial charge on any atom is 3.00 e. The molecule has 0 unspecified atom stereocenters. The van der Waals surface area contributed by atoms with Gasteiger partial charge < -0.3 is 23.3 Å². The molecule has 5 heteroatoms. The van der Waals surface area contributed by atoms with Crippen molar-refractivity contribution in [2.45, 2.75) is 0 Å². The normalized spacial score (nSPS) is 7.20. The molecule has 0 rings (SSSR count). The van der Waals surface area contributed by atoms with Gasteiger partial charge in [0.2, 0.25) is 0 Å². The van der Waals surface area contributed by atoms with E-state index in [4.69, 9.17) is 14.7 Å². The predicted molar refractivity (Wildman–Crippen MR) is 6.92 cm³/mol. The van der Waals surface area contributed by atoms with Gasteiger partial charge in [-0.3, -0.25) is 0 Å². The van der Waals surface area contributed by atoms with Crippen molar-refractivity contribution in [1.29, 1.82) is 0 Å². The van der Waals surface area contributed by atoms with Crippen molar-refractivity contribution < 1.29 is 47.4 Å². The van der Waals surface area contributed by atoms with E-state index >= 15 is 0 Å². The van der Waals surface area contributed by atoms with Crippen molar-refractivity contribution >= 4 is 8.60 Å². The van der Waals surface area contributed by atoms with E-state index in [0.29, 0.717) is 0 Å². The average Bonchev–Trinajstić information content (AvgIpc) is 0.811. The van der Waals surface area contributed by atoms with Crippen LogP contribution in [0.4, 0.5) is 0 Å². The SMILES string of the molecule is [O-]P([O-])[O-].[Y+3]. The summed E-state index contributed by atoms with van der Waals surface area (Å²) in [6.07, 6.45) is 0. The van der Waals surface area contributed by atoms with Crippen LogP contribution in [0.15, 0.2) is 0 Å². The first kappa shape index (κ1) is 9.65. The summed E-state index contributed by atoms with van der Waals surface area (Å²) in [6, 6.07) is 0. The molecule has 0 aromatic heterocycles. The third-order valence-corrected chi connectivity index (χ3v) is 0. The van der Waals surface area contributed by atoms with Crippen LogP contribution in [0.25, 0.3) is 0 Å². The molecule has 0 aliphatic carbocycles. The zero-order chi connectivity index (χ0) is 3.58. The molecular weight excluding hydrogens is 168 g/mol. The summed E-state index contributed by atoms with van der Waals surface area (Å²) < 4.78 is 0. The Balaban J connectivity index is 0. The molecule has 0 aromatic carbocycles. The summed E-state index contributed by atoms with van der Waals surface area (Å²) in [6.45, 7) is 0. The van der Waals surface area contributed by atoms with Gasteiger partial charge in [0.1, 0.15) is 0 Å². The van der Waals surface area contributed by atoms with E-state index in [-0.39, 0.29) is 32.7 Å². The summed E-state index contributed by atoms with van der Waals surface area (Å²) >= 11 is 0. The van der Waals surface area contributed by atoms with Crippen LogP contribution in [-0.2, 0) is 32.7 Å². The number of hydrogen-bond acceptors (Lipinski definition) is 3. The smallest absolute Gasteiger partial charge is 0.854 e. The molecule has 0 saturated heterocycles. The molecule has 0 aromatic rings. The number of hydrogen-bond donors (Lipinski definition) is 0. The van der Waals surface area contributed by atoms with Gasteiger partial charge in [-0.25, -0.2) is 0 Å². The third-order valence-electron chi connectivity index (χ3n) is 0. The van der Waals surface area contributed by atoms with Crippen LogP contribution < -0.4 is 14.7 Å². The first-order chi connectivity index (χ1) is 1.73. The van der Waals surface area contributed by atoms with Gasteiger partial charge in [-0.2, -0.15) is 0 Å². The van der Waals surface area contributed by atoms with E-state index in [2.05, 4.69) is 0 Å².